The fourth-order valence-corrected chi connectivity index (χ4v) is 5.51. The van der Waals surface area contributed by atoms with E-state index >= 15 is 0 Å². The quantitative estimate of drug-likeness (QED) is 0.818. The largest absolute Gasteiger partial charge is 0.240 e. The minimum Gasteiger partial charge on any atom is -0.224 e. The van der Waals surface area contributed by atoms with Crippen molar-refractivity contribution < 1.29 is 16.8 Å². The molecule has 0 saturated heterocycles. The monoisotopic (exact) mass is 393 g/mol. The van der Waals surface area contributed by atoms with Crippen molar-refractivity contribution in [1.29, 1.82) is 0 Å². The van der Waals surface area contributed by atoms with Gasteiger partial charge in [-0.3, -0.25) is 0 Å². The number of sulfonamides is 1. The molecule has 1 saturated carbocycles. The fraction of sp³-hybridized carbons (Fsp3) is 0.368. The summed E-state index contributed by atoms with van der Waals surface area (Å²) in [4.78, 5) is -0.0272. The van der Waals surface area contributed by atoms with Crippen LogP contribution in [0.3, 0.4) is 0 Å². The minimum atomic E-state index is -3.79. The van der Waals surface area contributed by atoms with Crippen LogP contribution in [-0.2, 0) is 25.3 Å². The fourth-order valence-electron chi connectivity index (χ4n) is 3.60. The van der Waals surface area contributed by atoms with E-state index in [9.17, 15) is 16.8 Å². The maximum Gasteiger partial charge on any atom is 0.240 e. The van der Waals surface area contributed by atoms with Crippen LogP contribution in [0.2, 0.25) is 0 Å². The number of sulfone groups is 1. The van der Waals surface area contributed by atoms with Crippen molar-refractivity contribution in [1.82, 2.24) is 4.72 Å². The van der Waals surface area contributed by atoms with E-state index in [4.69, 9.17) is 0 Å². The smallest absolute Gasteiger partial charge is 0.224 e. The molecule has 0 radical (unpaired) electrons. The number of nitrogens with one attached hydrogen (secondary N) is 1. The first-order chi connectivity index (χ1) is 12.2. The topological polar surface area (TPSA) is 80.3 Å². The van der Waals surface area contributed by atoms with Crippen LogP contribution in [0.1, 0.15) is 31.2 Å². The molecule has 0 heterocycles. The van der Waals surface area contributed by atoms with E-state index in [1.807, 2.05) is 30.3 Å². The summed E-state index contributed by atoms with van der Waals surface area (Å²) in [6.45, 7) is 0.308. The molecule has 0 amide bonds. The third kappa shape index (κ3) is 4.00. The van der Waals surface area contributed by atoms with Gasteiger partial charge in [-0.05, 0) is 36.6 Å². The van der Waals surface area contributed by atoms with Crippen molar-refractivity contribution >= 4 is 19.9 Å². The summed E-state index contributed by atoms with van der Waals surface area (Å²) in [7, 11) is -7.25. The summed E-state index contributed by atoms with van der Waals surface area (Å²) in [6.07, 6.45) is 5.07. The highest BCUT2D eigenvalue weighted by Crippen LogP contribution is 2.40. The maximum absolute atomic E-state index is 12.7. The molecule has 7 heteroatoms. The predicted molar refractivity (Wildman–Crippen MR) is 101 cm³/mol. The van der Waals surface area contributed by atoms with Crippen molar-refractivity contribution in [3.05, 3.63) is 60.2 Å². The Morgan fingerprint density at radius 1 is 0.885 bits per heavy atom. The summed E-state index contributed by atoms with van der Waals surface area (Å²) in [5, 5.41) is 0. The molecular formula is C19H23NO4S2. The molecule has 140 valence electrons. The molecule has 1 fully saturated rings. The number of hydrogen-bond donors (Lipinski definition) is 1. The molecule has 0 bridgehead atoms. The first-order valence-corrected chi connectivity index (χ1v) is 12.0. The Hall–Kier alpha value is -1.70. The average Bonchev–Trinajstić information content (AvgIpc) is 3.11. The molecule has 0 aromatic heterocycles. The van der Waals surface area contributed by atoms with E-state index < -0.39 is 19.9 Å². The van der Waals surface area contributed by atoms with Gasteiger partial charge in [-0.2, -0.15) is 0 Å². The SMILES string of the molecule is CS(=O)(=O)c1cccc(S(=O)(=O)NCC2(c3ccccc3)CCCC2)c1. The second-order valence-corrected chi connectivity index (χ2v) is 10.7. The highest BCUT2D eigenvalue weighted by molar-refractivity contribution is 7.91. The van der Waals surface area contributed by atoms with Gasteiger partial charge in [0.1, 0.15) is 0 Å². The predicted octanol–water partition coefficient (Wildman–Crippen LogP) is 2.88. The lowest BCUT2D eigenvalue weighted by Crippen LogP contribution is -2.39. The number of hydrogen-bond acceptors (Lipinski definition) is 4. The molecule has 1 N–H and O–H groups in total. The zero-order chi connectivity index (χ0) is 18.8. The zero-order valence-corrected chi connectivity index (χ0v) is 16.3. The van der Waals surface area contributed by atoms with E-state index in [-0.39, 0.29) is 15.2 Å². The first-order valence-electron chi connectivity index (χ1n) is 8.58. The summed E-state index contributed by atoms with van der Waals surface area (Å²) >= 11 is 0. The second-order valence-electron chi connectivity index (χ2n) is 6.93. The summed E-state index contributed by atoms with van der Waals surface area (Å²) < 4.78 is 51.6. The van der Waals surface area contributed by atoms with Gasteiger partial charge in [0.25, 0.3) is 0 Å². The van der Waals surface area contributed by atoms with E-state index in [0.717, 1.165) is 37.5 Å². The van der Waals surface area contributed by atoms with Crippen LogP contribution in [0.5, 0.6) is 0 Å². The average molecular weight is 394 g/mol. The molecular weight excluding hydrogens is 370 g/mol. The Morgan fingerprint density at radius 2 is 1.50 bits per heavy atom. The van der Waals surface area contributed by atoms with Gasteiger partial charge in [0, 0.05) is 18.2 Å². The van der Waals surface area contributed by atoms with Crippen LogP contribution in [-0.4, -0.2) is 29.6 Å². The van der Waals surface area contributed by atoms with E-state index in [2.05, 4.69) is 4.72 Å². The van der Waals surface area contributed by atoms with Gasteiger partial charge in [-0.1, -0.05) is 49.2 Å². The van der Waals surface area contributed by atoms with Gasteiger partial charge in [-0.25, -0.2) is 21.6 Å². The molecule has 3 rings (SSSR count). The Kier molecular flexibility index (Phi) is 5.23. The summed E-state index contributed by atoms with van der Waals surface area (Å²) in [5.74, 6) is 0. The van der Waals surface area contributed by atoms with Crippen LogP contribution in [0.4, 0.5) is 0 Å². The minimum absolute atomic E-state index is 0.000913. The Balaban J connectivity index is 1.86. The van der Waals surface area contributed by atoms with Crippen LogP contribution >= 0.6 is 0 Å². The Morgan fingerprint density at radius 3 is 2.12 bits per heavy atom. The Labute approximate surface area is 155 Å². The number of benzene rings is 2. The third-order valence-electron chi connectivity index (χ3n) is 5.09. The zero-order valence-electron chi connectivity index (χ0n) is 14.7. The highest BCUT2D eigenvalue weighted by atomic mass is 32.2. The van der Waals surface area contributed by atoms with Gasteiger partial charge in [-0.15, -0.1) is 0 Å². The molecule has 1 aliphatic carbocycles. The molecule has 5 nitrogen and oxygen atoms in total. The van der Waals surface area contributed by atoms with E-state index in [0.29, 0.717) is 6.54 Å². The lowest BCUT2D eigenvalue weighted by Gasteiger charge is -2.30. The third-order valence-corrected chi connectivity index (χ3v) is 7.60. The van der Waals surface area contributed by atoms with Gasteiger partial charge in [0.15, 0.2) is 9.84 Å². The lowest BCUT2D eigenvalue weighted by molar-refractivity contribution is 0.432. The normalized spacial score (nSPS) is 17.3. The van der Waals surface area contributed by atoms with Gasteiger partial charge in [0.2, 0.25) is 10.0 Å². The summed E-state index contributed by atoms with van der Waals surface area (Å²) in [5.41, 5.74) is 0.938. The highest BCUT2D eigenvalue weighted by Gasteiger charge is 2.36. The number of rotatable bonds is 6. The van der Waals surface area contributed by atoms with Crippen molar-refractivity contribution in [3.8, 4) is 0 Å². The van der Waals surface area contributed by atoms with Crippen molar-refractivity contribution in [2.45, 2.75) is 40.9 Å². The van der Waals surface area contributed by atoms with Gasteiger partial charge >= 0.3 is 0 Å². The molecule has 26 heavy (non-hydrogen) atoms. The van der Waals surface area contributed by atoms with Crippen LogP contribution < -0.4 is 4.72 Å². The standard InChI is InChI=1S/C19H23NO4S2/c1-25(21,22)17-10-7-11-18(14-17)26(23,24)20-15-19(12-5-6-13-19)16-8-3-2-4-9-16/h2-4,7-11,14,20H,5-6,12-13,15H2,1H3. The van der Waals surface area contributed by atoms with E-state index in [1.165, 1.54) is 24.3 Å². The molecule has 0 spiro atoms. The maximum atomic E-state index is 12.7. The second kappa shape index (κ2) is 7.13. The van der Waals surface area contributed by atoms with Gasteiger partial charge in [0.05, 0.1) is 9.79 Å². The molecule has 2 aromatic carbocycles. The van der Waals surface area contributed by atoms with Crippen LogP contribution in [0, 0.1) is 0 Å². The Bertz CT molecular complexity index is 977. The molecule has 0 unspecified atom stereocenters. The van der Waals surface area contributed by atoms with Gasteiger partial charge < -0.3 is 0 Å². The lowest BCUT2D eigenvalue weighted by atomic mass is 9.79. The van der Waals surface area contributed by atoms with Crippen molar-refractivity contribution in [2.24, 2.45) is 0 Å². The van der Waals surface area contributed by atoms with Crippen molar-refractivity contribution in [2.75, 3.05) is 12.8 Å². The van der Waals surface area contributed by atoms with Crippen LogP contribution in [0.25, 0.3) is 0 Å². The molecule has 0 atom stereocenters. The molecule has 1 aliphatic rings. The first kappa shape index (κ1) is 19.1. The molecule has 0 aliphatic heterocycles. The van der Waals surface area contributed by atoms with E-state index in [1.54, 1.807) is 0 Å². The summed E-state index contributed by atoms with van der Waals surface area (Å²) in [6, 6.07) is 15.5. The van der Waals surface area contributed by atoms with Crippen LogP contribution in [0.15, 0.2) is 64.4 Å². The van der Waals surface area contributed by atoms with Crippen molar-refractivity contribution in [3.63, 3.8) is 0 Å². The molecule has 2 aromatic rings.